The summed E-state index contributed by atoms with van der Waals surface area (Å²) >= 11 is 4.68. The van der Waals surface area contributed by atoms with Crippen molar-refractivity contribution in [2.75, 3.05) is 38.9 Å². The number of aryl methyl sites for hydroxylation is 1. The molecule has 0 N–H and O–H groups in total. The summed E-state index contributed by atoms with van der Waals surface area (Å²) in [7, 11) is 0.366. The molecule has 0 unspecified atom stereocenters. The van der Waals surface area contributed by atoms with Gasteiger partial charge < -0.3 is 12.6 Å². The van der Waals surface area contributed by atoms with Crippen LogP contribution in [0.4, 0.5) is 0 Å². The number of hydrogen-bond acceptors (Lipinski definition) is 6. The minimum absolute atomic E-state index is 0. The summed E-state index contributed by atoms with van der Waals surface area (Å²) in [6.45, 7) is 5.62. The fourth-order valence-corrected chi connectivity index (χ4v) is 5.37. The SMILES string of the molecule is C1N2CN3CN1CP(C2)C3.Cc1ccnc([S-])n1.[Au+]. The van der Waals surface area contributed by atoms with E-state index in [4.69, 9.17) is 0 Å². The van der Waals surface area contributed by atoms with Crippen molar-refractivity contribution in [2.24, 2.45) is 0 Å². The second-order valence-corrected chi connectivity index (χ2v) is 7.57. The Hall–Kier alpha value is 0.350. The van der Waals surface area contributed by atoms with E-state index in [0.717, 1.165) is 5.69 Å². The Balaban J connectivity index is 0.000000137. The Morgan fingerprint density at radius 2 is 1.63 bits per heavy atom. The molecule has 8 heteroatoms. The molecule has 5 heterocycles. The monoisotopic (exact) mass is 479 g/mol. The molecule has 4 aliphatic rings. The minimum atomic E-state index is 0. The third-order valence-electron chi connectivity index (χ3n) is 3.17. The maximum absolute atomic E-state index is 4.68. The van der Waals surface area contributed by atoms with E-state index in [1.54, 1.807) is 6.20 Å². The van der Waals surface area contributed by atoms with Crippen molar-refractivity contribution in [3.63, 3.8) is 0 Å². The van der Waals surface area contributed by atoms with Crippen LogP contribution in [0.25, 0.3) is 0 Å². The summed E-state index contributed by atoms with van der Waals surface area (Å²) in [6, 6.07) is 1.82. The summed E-state index contributed by atoms with van der Waals surface area (Å²) in [5.74, 6) is 0. The zero-order chi connectivity index (χ0) is 12.5. The van der Waals surface area contributed by atoms with Crippen molar-refractivity contribution in [3.05, 3.63) is 18.0 Å². The van der Waals surface area contributed by atoms with Gasteiger partial charge in [0, 0.05) is 35.9 Å². The van der Waals surface area contributed by atoms with Crippen LogP contribution < -0.4 is 0 Å². The van der Waals surface area contributed by atoms with E-state index in [2.05, 4.69) is 37.3 Å². The van der Waals surface area contributed by atoms with Gasteiger partial charge in [-0.1, -0.05) is 7.92 Å². The van der Waals surface area contributed by atoms with Crippen LogP contribution in [0.1, 0.15) is 5.69 Å². The summed E-state index contributed by atoms with van der Waals surface area (Å²) < 4.78 is 0. The standard InChI is InChI=1S/C6H12N3P.C5H6N2S.Au/c1-7-2-9-3-8(1)5-10(4-7)6-9;1-4-2-3-6-5(8)7-4;/h1-6H2;2-3H,1H3,(H,6,7,8);/q;;+1/p-1. The van der Waals surface area contributed by atoms with Crippen LogP contribution in [0, 0.1) is 6.92 Å². The van der Waals surface area contributed by atoms with Gasteiger partial charge in [-0.05, 0) is 13.0 Å². The Kier molecular flexibility index (Phi) is 5.69. The fourth-order valence-electron chi connectivity index (χ4n) is 2.66. The third-order valence-corrected chi connectivity index (χ3v) is 5.77. The first-order valence-electron chi connectivity index (χ1n) is 6.05. The molecule has 0 aliphatic carbocycles. The molecule has 5 rings (SSSR count). The Bertz CT molecular complexity index is 362. The molecule has 1 aromatic heterocycles. The Morgan fingerprint density at radius 1 is 1.11 bits per heavy atom. The number of aromatic nitrogens is 2. The van der Waals surface area contributed by atoms with Crippen LogP contribution in [-0.2, 0) is 35.0 Å². The largest absolute Gasteiger partial charge is 1.00 e. The second kappa shape index (κ2) is 6.87. The number of rotatable bonds is 0. The molecular formula is C11H17AuN5PS. The third kappa shape index (κ3) is 4.16. The van der Waals surface area contributed by atoms with Crippen LogP contribution in [0.5, 0.6) is 0 Å². The molecule has 108 valence electrons. The first-order valence-corrected chi connectivity index (χ1v) is 8.36. The maximum atomic E-state index is 4.68. The van der Waals surface area contributed by atoms with E-state index in [0.29, 0.717) is 13.1 Å². The molecular weight excluding hydrogens is 462 g/mol. The predicted octanol–water partition coefficient (Wildman–Crippen LogP) is 0.848. The molecule has 0 amide bonds. The number of nitrogens with zero attached hydrogens (tertiary/aromatic N) is 5. The number of hydrogen-bond donors (Lipinski definition) is 0. The van der Waals surface area contributed by atoms with E-state index in [1.807, 2.05) is 13.0 Å². The van der Waals surface area contributed by atoms with Crippen molar-refractivity contribution < 1.29 is 22.4 Å². The van der Waals surface area contributed by atoms with Gasteiger partial charge in [-0.2, -0.15) is 0 Å². The summed E-state index contributed by atoms with van der Waals surface area (Å²) in [4.78, 5) is 15.3. The molecule has 0 radical (unpaired) electrons. The molecule has 0 spiro atoms. The van der Waals surface area contributed by atoms with Gasteiger partial charge in [0.15, 0.2) is 0 Å². The topological polar surface area (TPSA) is 35.5 Å². The molecule has 0 aromatic carbocycles. The van der Waals surface area contributed by atoms with Crippen LogP contribution in [0.2, 0.25) is 0 Å². The predicted molar refractivity (Wildman–Crippen MR) is 74.0 cm³/mol. The molecule has 1 aromatic rings. The van der Waals surface area contributed by atoms with Crippen LogP contribution in [0.3, 0.4) is 0 Å². The van der Waals surface area contributed by atoms with Gasteiger partial charge >= 0.3 is 22.4 Å². The first-order chi connectivity index (χ1) is 8.69. The first kappa shape index (κ1) is 15.7. The summed E-state index contributed by atoms with van der Waals surface area (Å²) in [5.41, 5.74) is 0.921. The van der Waals surface area contributed by atoms with E-state index in [9.17, 15) is 0 Å². The molecule has 4 fully saturated rings. The van der Waals surface area contributed by atoms with Gasteiger partial charge in [0.25, 0.3) is 0 Å². The second-order valence-electron chi connectivity index (χ2n) is 5.01. The van der Waals surface area contributed by atoms with Crippen molar-refractivity contribution in [1.82, 2.24) is 24.7 Å². The van der Waals surface area contributed by atoms with Gasteiger partial charge in [0.1, 0.15) is 0 Å². The van der Waals surface area contributed by atoms with Gasteiger partial charge in [-0.25, -0.2) is 0 Å². The van der Waals surface area contributed by atoms with Crippen LogP contribution in [0.15, 0.2) is 17.4 Å². The molecule has 0 atom stereocenters. The van der Waals surface area contributed by atoms with E-state index < -0.39 is 0 Å². The summed E-state index contributed by atoms with van der Waals surface area (Å²) in [6.07, 6.45) is 5.91. The molecule has 19 heavy (non-hydrogen) atoms. The smallest absolute Gasteiger partial charge is 0.740 e. The molecule has 0 saturated carbocycles. The van der Waals surface area contributed by atoms with E-state index in [-0.39, 0.29) is 22.4 Å². The van der Waals surface area contributed by atoms with E-state index >= 15 is 0 Å². The minimum Gasteiger partial charge on any atom is -0.740 e. The zero-order valence-electron chi connectivity index (χ0n) is 10.8. The zero-order valence-corrected chi connectivity index (χ0v) is 14.7. The van der Waals surface area contributed by atoms with Gasteiger partial charge in [-0.15, -0.1) is 0 Å². The fraction of sp³-hybridized carbons (Fsp3) is 0.636. The molecule has 5 nitrogen and oxygen atoms in total. The maximum Gasteiger partial charge on any atom is 1.00 e. The normalized spacial score (nSPS) is 34.2. The van der Waals surface area contributed by atoms with Crippen LogP contribution in [-0.4, -0.2) is 63.5 Å². The van der Waals surface area contributed by atoms with Gasteiger partial charge in [0.2, 0.25) is 0 Å². The van der Waals surface area contributed by atoms with E-state index in [1.165, 1.54) is 38.9 Å². The van der Waals surface area contributed by atoms with Crippen LogP contribution >= 0.6 is 7.92 Å². The average molecular weight is 479 g/mol. The average Bonchev–Trinajstić information content (AvgIpc) is 2.27. The van der Waals surface area contributed by atoms with Crippen molar-refractivity contribution in [1.29, 1.82) is 0 Å². The molecule has 4 aliphatic heterocycles. The Labute approximate surface area is 136 Å². The molecule has 4 saturated heterocycles. The molecule has 4 bridgehead atoms. The summed E-state index contributed by atoms with van der Waals surface area (Å²) in [5, 5.41) is 0.421. The van der Waals surface area contributed by atoms with Crippen molar-refractivity contribution >= 4 is 20.6 Å². The van der Waals surface area contributed by atoms with Crippen molar-refractivity contribution in [2.45, 2.75) is 12.1 Å². The Morgan fingerprint density at radius 3 is 1.95 bits per heavy atom. The van der Waals surface area contributed by atoms with Crippen molar-refractivity contribution in [3.8, 4) is 0 Å². The van der Waals surface area contributed by atoms with Gasteiger partial charge in [0.05, 0.1) is 20.0 Å². The quantitative estimate of drug-likeness (QED) is 0.238. The van der Waals surface area contributed by atoms with Gasteiger partial charge in [-0.3, -0.25) is 24.7 Å².